The van der Waals surface area contributed by atoms with Gasteiger partial charge < -0.3 is 0 Å². The van der Waals surface area contributed by atoms with Gasteiger partial charge in [0.2, 0.25) is 0 Å². The predicted octanol–water partition coefficient (Wildman–Crippen LogP) is 4.08. The zero-order valence-electron chi connectivity index (χ0n) is 5.14. The van der Waals surface area contributed by atoms with Gasteiger partial charge >= 0.3 is 0 Å². The van der Waals surface area contributed by atoms with E-state index in [9.17, 15) is 0 Å². The monoisotopic (exact) mass is 313 g/mol. The Labute approximate surface area is 90.2 Å². The number of hydrogen-bond donors (Lipinski definition) is 0. The molecule has 1 heterocycles. The quantitative estimate of drug-likeness (QED) is 0.717. The predicted molar refractivity (Wildman–Crippen MR) is 53.9 cm³/mol. The molecule has 0 aliphatic carbocycles. The maximum Gasteiger partial charge on any atom is 0.154 e. The summed E-state index contributed by atoms with van der Waals surface area (Å²) in [5.74, 6) is 0. The highest BCUT2D eigenvalue weighted by Gasteiger charge is 2.11. The van der Waals surface area contributed by atoms with Gasteiger partial charge in [-0.25, -0.2) is 0 Å². The van der Waals surface area contributed by atoms with Crippen LogP contribution in [-0.4, -0.2) is 0 Å². The fraction of sp³-hybridized carbons (Fsp3) is 0.167. The van der Waals surface area contributed by atoms with Crippen molar-refractivity contribution < 1.29 is 0 Å². The van der Waals surface area contributed by atoms with Gasteiger partial charge in [-0.3, -0.25) is 0 Å². The molecule has 0 amide bonds. The largest absolute Gasteiger partial charge is 0.196 e. The SMILES string of the molecule is N#CC(Cl)c1cc(Br)c(Br)s1. The molecule has 0 radical (unpaired) electrons. The van der Waals surface area contributed by atoms with E-state index < -0.39 is 5.38 Å². The molecular formula is C6H2Br2ClNS. The maximum absolute atomic E-state index is 8.48. The Bertz CT molecular complexity index is 285. The summed E-state index contributed by atoms with van der Waals surface area (Å²) >= 11 is 13.8. The number of rotatable bonds is 1. The molecule has 5 heteroatoms. The zero-order chi connectivity index (χ0) is 8.43. The van der Waals surface area contributed by atoms with Crippen molar-refractivity contribution in [2.24, 2.45) is 0 Å². The maximum atomic E-state index is 8.48. The molecule has 0 saturated heterocycles. The number of hydrogen-bond acceptors (Lipinski definition) is 2. The van der Waals surface area contributed by atoms with Crippen LogP contribution in [0.4, 0.5) is 0 Å². The summed E-state index contributed by atoms with van der Waals surface area (Å²) in [6.07, 6.45) is 0. The van der Waals surface area contributed by atoms with Crippen molar-refractivity contribution in [2.45, 2.75) is 5.38 Å². The van der Waals surface area contributed by atoms with Crippen LogP contribution in [0.2, 0.25) is 0 Å². The van der Waals surface area contributed by atoms with Gasteiger partial charge in [0.05, 0.1) is 9.86 Å². The summed E-state index contributed by atoms with van der Waals surface area (Å²) in [5, 5.41) is 7.94. The topological polar surface area (TPSA) is 23.8 Å². The Kier molecular flexibility index (Phi) is 3.38. The lowest BCUT2D eigenvalue weighted by molar-refractivity contribution is 1.26. The van der Waals surface area contributed by atoms with E-state index in [-0.39, 0.29) is 0 Å². The molecule has 1 nitrogen and oxygen atoms in total. The number of thiophene rings is 1. The second-order valence-electron chi connectivity index (χ2n) is 1.76. The van der Waals surface area contributed by atoms with Crippen LogP contribution in [-0.2, 0) is 0 Å². The van der Waals surface area contributed by atoms with Crippen LogP contribution >= 0.6 is 54.8 Å². The van der Waals surface area contributed by atoms with E-state index in [4.69, 9.17) is 16.9 Å². The van der Waals surface area contributed by atoms with Crippen molar-refractivity contribution in [1.29, 1.82) is 5.26 Å². The highest BCUT2D eigenvalue weighted by atomic mass is 79.9. The second-order valence-corrected chi connectivity index (χ2v) is 5.45. The fourth-order valence-electron chi connectivity index (χ4n) is 0.552. The minimum absolute atomic E-state index is 0.539. The Morgan fingerprint density at radius 3 is 2.64 bits per heavy atom. The first-order chi connectivity index (χ1) is 5.15. The first-order valence-corrected chi connectivity index (χ1v) is 5.47. The molecule has 0 saturated carbocycles. The zero-order valence-corrected chi connectivity index (χ0v) is 9.89. The van der Waals surface area contributed by atoms with E-state index in [0.717, 1.165) is 13.1 Å². The Morgan fingerprint density at radius 2 is 2.27 bits per heavy atom. The summed E-state index contributed by atoms with van der Waals surface area (Å²) < 4.78 is 1.91. The van der Waals surface area contributed by atoms with Gasteiger partial charge in [0.15, 0.2) is 5.38 Å². The van der Waals surface area contributed by atoms with Gasteiger partial charge in [0.1, 0.15) is 0 Å². The van der Waals surface area contributed by atoms with E-state index >= 15 is 0 Å². The van der Waals surface area contributed by atoms with Gasteiger partial charge in [-0.15, -0.1) is 22.9 Å². The second kappa shape index (κ2) is 3.90. The summed E-state index contributed by atoms with van der Waals surface area (Å²) in [4.78, 5) is 0.855. The molecule has 1 rings (SSSR count). The van der Waals surface area contributed by atoms with Crippen molar-refractivity contribution in [2.75, 3.05) is 0 Å². The van der Waals surface area contributed by atoms with Gasteiger partial charge in [-0.1, -0.05) is 0 Å². The Morgan fingerprint density at radius 1 is 1.64 bits per heavy atom. The number of halogens is 3. The molecule has 0 aromatic carbocycles. The minimum atomic E-state index is -0.539. The molecule has 0 bridgehead atoms. The highest BCUT2D eigenvalue weighted by Crippen LogP contribution is 2.37. The smallest absolute Gasteiger partial charge is 0.154 e. The summed E-state index contributed by atoms with van der Waals surface area (Å²) in [5.41, 5.74) is 0. The molecule has 0 N–H and O–H groups in total. The molecule has 0 spiro atoms. The van der Waals surface area contributed by atoms with E-state index in [2.05, 4.69) is 31.9 Å². The van der Waals surface area contributed by atoms with E-state index in [1.54, 1.807) is 0 Å². The third-order valence-corrected chi connectivity index (χ3v) is 4.81. The van der Waals surface area contributed by atoms with Crippen molar-refractivity contribution in [3.05, 3.63) is 19.2 Å². The molecule has 1 aromatic heterocycles. The number of alkyl halides is 1. The molecule has 0 fully saturated rings. The number of nitrogens with zero attached hydrogens (tertiary/aromatic N) is 1. The molecule has 11 heavy (non-hydrogen) atoms. The van der Waals surface area contributed by atoms with Gasteiger partial charge in [-0.2, -0.15) is 5.26 Å². The first kappa shape index (κ1) is 9.53. The van der Waals surface area contributed by atoms with Crippen LogP contribution in [0.3, 0.4) is 0 Å². The van der Waals surface area contributed by atoms with Crippen LogP contribution in [0.5, 0.6) is 0 Å². The summed E-state index contributed by atoms with van der Waals surface area (Å²) in [7, 11) is 0. The van der Waals surface area contributed by atoms with Crippen LogP contribution < -0.4 is 0 Å². The average molecular weight is 315 g/mol. The molecule has 0 aliphatic heterocycles. The summed E-state index contributed by atoms with van der Waals surface area (Å²) in [6, 6.07) is 3.80. The van der Waals surface area contributed by atoms with E-state index in [0.29, 0.717) is 0 Å². The van der Waals surface area contributed by atoms with Gasteiger partial charge in [-0.05, 0) is 37.9 Å². The van der Waals surface area contributed by atoms with Crippen molar-refractivity contribution in [3.63, 3.8) is 0 Å². The summed E-state index contributed by atoms with van der Waals surface area (Å²) in [6.45, 7) is 0. The van der Waals surface area contributed by atoms with Crippen LogP contribution in [0.15, 0.2) is 14.3 Å². The molecule has 1 aromatic rings. The lowest BCUT2D eigenvalue weighted by Crippen LogP contribution is -1.77. The number of nitriles is 1. The minimum Gasteiger partial charge on any atom is -0.196 e. The molecule has 1 unspecified atom stereocenters. The lowest BCUT2D eigenvalue weighted by atomic mass is 10.4. The molecule has 1 atom stereocenters. The lowest BCUT2D eigenvalue weighted by Gasteiger charge is -1.90. The fourth-order valence-corrected chi connectivity index (χ4v) is 2.76. The van der Waals surface area contributed by atoms with Crippen LogP contribution in [0.1, 0.15) is 10.3 Å². The Balaban J connectivity index is 2.99. The normalized spacial score (nSPS) is 12.5. The van der Waals surface area contributed by atoms with Crippen LogP contribution in [0, 0.1) is 11.3 Å². The van der Waals surface area contributed by atoms with Crippen LogP contribution in [0.25, 0.3) is 0 Å². The first-order valence-electron chi connectivity index (χ1n) is 2.63. The standard InChI is InChI=1S/C6H2Br2ClNS/c7-3-1-5(4(9)2-10)11-6(3)8/h1,4H. The van der Waals surface area contributed by atoms with E-state index in [1.807, 2.05) is 12.1 Å². The average Bonchev–Trinajstić information content (AvgIpc) is 2.31. The van der Waals surface area contributed by atoms with Gasteiger partial charge in [0.25, 0.3) is 0 Å². The Hall–Kier alpha value is 0.440. The van der Waals surface area contributed by atoms with E-state index in [1.165, 1.54) is 11.3 Å². The molecule has 58 valence electrons. The van der Waals surface area contributed by atoms with Crippen molar-refractivity contribution in [1.82, 2.24) is 0 Å². The third-order valence-electron chi connectivity index (χ3n) is 1.03. The van der Waals surface area contributed by atoms with Crippen molar-refractivity contribution >= 4 is 54.8 Å². The third kappa shape index (κ3) is 2.19. The highest BCUT2D eigenvalue weighted by molar-refractivity contribution is 9.13. The van der Waals surface area contributed by atoms with Crippen molar-refractivity contribution in [3.8, 4) is 6.07 Å². The molecule has 0 aliphatic rings. The molecular weight excluding hydrogens is 313 g/mol. The van der Waals surface area contributed by atoms with Gasteiger partial charge in [0, 0.05) is 9.35 Å².